The minimum atomic E-state index is -0.00977. The summed E-state index contributed by atoms with van der Waals surface area (Å²) in [6.45, 7) is 0.713. The zero-order valence-electron chi connectivity index (χ0n) is 13.7. The Balaban J connectivity index is 0.00000242. The number of halogens is 1. The predicted molar refractivity (Wildman–Crippen MR) is 92.1 cm³/mol. The second-order valence-electron chi connectivity index (χ2n) is 6.09. The fourth-order valence-electron chi connectivity index (χ4n) is 3.08. The summed E-state index contributed by atoms with van der Waals surface area (Å²) in [6.07, 6.45) is 6.11. The van der Waals surface area contributed by atoms with Crippen LogP contribution in [0.5, 0.6) is 5.75 Å². The summed E-state index contributed by atoms with van der Waals surface area (Å²) in [5.74, 6) is 0.757. The molecule has 1 aliphatic rings. The normalized spacial score (nSPS) is 16.7. The van der Waals surface area contributed by atoms with Gasteiger partial charge in [-0.25, -0.2) is 0 Å². The van der Waals surface area contributed by atoms with Crippen LogP contribution in [0.15, 0.2) is 24.3 Å². The molecule has 0 bridgehead atoms. The van der Waals surface area contributed by atoms with E-state index in [1.54, 1.807) is 19.2 Å². The first kappa shape index (κ1) is 18.8. The largest absolute Gasteiger partial charge is 0.497 e. The molecule has 22 heavy (non-hydrogen) atoms. The average molecular weight is 327 g/mol. The number of nitrogens with zero attached hydrogens (tertiary/aromatic N) is 1. The van der Waals surface area contributed by atoms with Gasteiger partial charge in [0.05, 0.1) is 7.11 Å². The van der Waals surface area contributed by atoms with Crippen molar-refractivity contribution in [1.82, 2.24) is 10.2 Å². The minimum Gasteiger partial charge on any atom is -0.497 e. The molecule has 0 saturated heterocycles. The van der Waals surface area contributed by atoms with Crippen LogP contribution in [0, 0.1) is 0 Å². The van der Waals surface area contributed by atoms with Gasteiger partial charge in [-0.05, 0) is 51.2 Å². The van der Waals surface area contributed by atoms with Gasteiger partial charge in [-0.2, -0.15) is 0 Å². The average Bonchev–Trinajstić information content (AvgIpc) is 2.53. The van der Waals surface area contributed by atoms with Gasteiger partial charge in [-0.1, -0.05) is 19.3 Å². The summed E-state index contributed by atoms with van der Waals surface area (Å²) in [5, 5.41) is 3.11. The monoisotopic (exact) mass is 326 g/mol. The Morgan fingerprint density at radius 3 is 2.27 bits per heavy atom. The van der Waals surface area contributed by atoms with Crippen LogP contribution in [-0.4, -0.2) is 44.1 Å². The Bertz CT molecular complexity index is 468. The van der Waals surface area contributed by atoms with Gasteiger partial charge < -0.3 is 15.0 Å². The first-order valence-electron chi connectivity index (χ1n) is 7.67. The number of benzene rings is 1. The number of ether oxygens (including phenoxy) is 1. The second kappa shape index (κ2) is 8.39. The molecule has 0 spiro atoms. The Morgan fingerprint density at radius 2 is 1.77 bits per heavy atom. The van der Waals surface area contributed by atoms with Crippen molar-refractivity contribution in [3.8, 4) is 5.75 Å². The van der Waals surface area contributed by atoms with E-state index in [1.165, 1.54) is 19.3 Å². The molecule has 1 saturated carbocycles. The Kier molecular flexibility index (Phi) is 7.17. The Labute approximate surface area is 139 Å². The lowest BCUT2D eigenvalue weighted by Gasteiger charge is -2.43. The SMILES string of the molecule is COc1ccc(C(=O)NCC2(N(C)C)CCCCC2)cc1.Cl. The highest BCUT2D eigenvalue weighted by atomic mass is 35.5. The third-order valence-corrected chi connectivity index (χ3v) is 4.66. The van der Waals surface area contributed by atoms with E-state index in [4.69, 9.17) is 4.74 Å². The lowest BCUT2D eigenvalue weighted by Crippen LogP contribution is -2.53. The summed E-state index contributed by atoms with van der Waals surface area (Å²) in [6, 6.07) is 7.24. The van der Waals surface area contributed by atoms with Gasteiger partial charge in [0.15, 0.2) is 0 Å². The molecule has 1 aliphatic carbocycles. The second-order valence-corrected chi connectivity index (χ2v) is 6.09. The number of hydrogen-bond donors (Lipinski definition) is 1. The summed E-state index contributed by atoms with van der Waals surface area (Å²) in [5.41, 5.74) is 0.793. The molecule has 5 heteroatoms. The number of methoxy groups -OCH3 is 1. The first-order chi connectivity index (χ1) is 10.1. The van der Waals surface area contributed by atoms with Gasteiger partial charge in [-0.3, -0.25) is 4.79 Å². The third-order valence-electron chi connectivity index (χ3n) is 4.66. The number of amides is 1. The molecule has 1 N–H and O–H groups in total. The highest BCUT2D eigenvalue weighted by molar-refractivity contribution is 5.94. The number of rotatable bonds is 5. The predicted octanol–water partition coefficient (Wildman–Crippen LogP) is 3.11. The lowest BCUT2D eigenvalue weighted by molar-refractivity contribution is 0.0799. The summed E-state index contributed by atoms with van der Waals surface area (Å²) >= 11 is 0. The number of carbonyl (C=O) groups is 1. The molecule has 2 rings (SSSR count). The van der Waals surface area contributed by atoms with Crippen molar-refractivity contribution in [1.29, 1.82) is 0 Å². The van der Waals surface area contributed by atoms with Crippen molar-refractivity contribution in [2.45, 2.75) is 37.6 Å². The molecule has 1 aromatic rings. The lowest BCUT2D eigenvalue weighted by atomic mass is 9.80. The standard InChI is InChI=1S/C17H26N2O2.ClH/c1-19(2)17(11-5-4-6-12-17)13-18-16(20)14-7-9-15(21-3)10-8-14;/h7-10H,4-6,11-13H2,1-3H3,(H,18,20);1H. The van der Waals surface area contributed by atoms with Crippen molar-refractivity contribution >= 4 is 18.3 Å². The molecule has 0 aromatic heterocycles. The fraction of sp³-hybridized carbons (Fsp3) is 0.588. The molecular formula is C17H27ClN2O2. The van der Waals surface area contributed by atoms with E-state index in [2.05, 4.69) is 24.3 Å². The number of nitrogens with one attached hydrogen (secondary N) is 1. The van der Waals surface area contributed by atoms with Gasteiger partial charge >= 0.3 is 0 Å². The molecule has 0 atom stereocenters. The van der Waals surface area contributed by atoms with E-state index in [0.717, 1.165) is 18.6 Å². The van der Waals surface area contributed by atoms with Gasteiger partial charge in [0, 0.05) is 17.6 Å². The van der Waals surface area contributed by atoms with Crippen LogP contribution in [0.2, 0.25) is 0 Å². The van der Waals surface area contributed by atoms with Crippen LogP contribution < -0.4 is 10.1 Å². The third kappa shape index (κ3) is 4.37. The maximum Gasteiger partial charge on any atom is 0.251 e. The number of likely N-dealkylation sites (N-methyl/N-ethyl adjacent to an activating group) is 1. The van der Waals surface area contributed by atoms with Crippen molar-refractivity contribution in [3.63, 3.8) is 0 Å². The molecule has 0 unspecified atom stereocenters. The number of carbonyl (C=O) groups excluding carboxylic acids is 1. The molecule has 1 amide bonds. The van der Waals surface area contributed by atoms with Crippen molar-refractivity contribution in [2.24, 2.45) is 0 Å². The van der Waals surface area contributed by atoms with E-state index in [0.29, 0.717) is 12.1 Å². The van der Waals surface area contributed by atoms with Crippen molar-refractivity contribution < 1.29 is 9.53 Å². The fourth-order valence-corrected chi connectivity index (χ4v) is 3.08. The molecule has 0 heterocycles. The smallest absolute Gasteiger partial charge is 0.251 e. The van der Waals surface area contributed by atoms with Crippen molar-refractivity contribution in [3.05, 3.63) is 29.8 Å². The van der Waals surface area contributed by atoms with Crippen LogP contribution >= 0.6 is 12.4 Å². The zero-order valence-corrected chi connectivity index (χ0v) is 14.5. The maximum absolute atomic E-state index is 12.3. The van der Waals surface area contributed by atoms with Gasteiger partial charge in [0.2, 0.25) is 0 Å². The van der Waals surface area contributed by atoms with E-state index < -0.39 is 0 Å². The minimum absolute atomic E-state index is 0. The first-order valence-corrected chi connectivity index (χ1v) is 7.67. The highest BCUT2D eigenvalue weighted by Gasteiger charge is 2.34. The molecule has 1 aromatic carbocycles. The summed E-state index contributed by atoms with van der Waals surface area (Å²) in [7, 11) is 5.86. The molecule has 4 nitrogen and oxygen atoms in total. The maximum atomic E-state index is 12.3. The Hall–Kier alpha value is -1.26. The van der Waals surface area contributed by atoms with Gasteiger partial charge in [0.25, 0.3) is 5.91 Å². The van der Waals surface area contributed by atoms with Crippen molar-refractivity contribution in [2.75, 3.05) is 27.7 Å². The Morgan fingerprint density at radius 1 is 1.18 bits per heavy atom. The van der Waals surface area contributed by atoms with E-state index in [-0.39, 0.29) is 23.9 Å². The van der Waals surface area contributed by atoms with Gasteiger partial charge in [-0.15, -0.1) is 12.4 Å². The van der Waals surface area contributed by atoms with Crippen LogP contribution in [0.25, 0.3) is 0 Å². The van der Waals surface area contributed by atoms with Crippen LogP contribution in [0.4, 0.5) is 0 Å². The topological polar surface area (TPSA) is 41.6 Å². The van der Waals surface area contributed by atoms with Gasteiger partial charge in [0.1, 0.15) is 5.75 Å². The molecule has 0 aliphatic heterocycles. The molecule has 1 fully saturated rings. The molecule has 0 radical (unpaired) electrons. The molecule has 124 valence electrons. The van der Waals surface area contributed by atoms with E-state index in [1.807, 2.05) is 12.1 Å². The van der Waals surface area contributed by atoms with Crippen LogP contribution in [-0.2, 0) is 0 Å². The quantitative estimate of drug-likeness (QED) is 0.904. The van der Waals surface area contributed by atoms with E-state index in [9.17, 15) is 4.79 Å². The van der Waals surface area contributed by atoms with E-state index >= 15 is 0 Å². The highest BCUT2D eigenvalue weighted by Crippen LogP contribution is 2.31. The molecular weight excluding hydrogens is 300 g/mol. The summed E-state index contributed by atoms with van der Waals surface area (Å²) < 4.78 is 5.11. The van der Waals surface area contributed by atoms with Crippen LogP contribution in [0.3, 0.4) is 0 Å². The zero-order chi connectivity index (χ0) is 15.3. The number of hydrogen-bond acceptors (Lipinski definition) is 3. The summed E-state index contributed by atoms with van der Waals surface area (Å²) in [4.78, 5) is 14.6. The van der Waals surface area contributed by atoms with Crippen LogP contribution in [0.1, 0.15) is 42.5 Å².